The normalized spacial score (nSPS) is 18.9. The number of nitrogens with two attached hydrogens (primary N) is 1. The first-order chi connectivity index (χ1) is 7.06. The zero-order valence-electron chi connectivity index (χ0n) is 9.58. The molecule has 88 valence electrons. The van der Waals surface area contributed by atoms with E-state index in [4.69, 9.17) is 10.5 Å². The average molecular weight is 215 g/mol. The molecule has 15 heavy (non-hydrogen) atoms. The summed E-state index contributed by atoms with van der Waals surface area (Å²) in [5.41, 5.74) is 5.20. The first-order valence-electron chi connectivity index (χ1n) is 5.36. The summed E-state index contributed by atoms with van der Waals surface area (Å²) in [6, 6.07) is 0. The first kappa shape index (κ1) is 12.4. The van der Waals surface area contributed by atoms with E-state index in [-0.39, 0.29) is 18.0 Å². The van der Waals surface area contributed by atoms with E-state index < -0.39 is 0 Å². The third-order valence-electron chi connectivity index (χ3n) is 2.77. The second kappa shape index (κ2) is 5.44. The first-order valence-corrected chi connectivity index (χ1v) is 5.36. The van der Waals surface area contributed by atoms with Crippen molar-refractivity contribution in [2.45, 2.75) is 19.4 Å². The summed E-state index contributed by atoms with van der Waals surface area (Å²) in [5, 5.41) is 2.82. The predicted molar refractivity (Wildman–Crippen MR) is 58.5 cm³/mol. The van der Waals surface area contributed by atoms with Gasteiger partial charge in [-0.2, -0.15) is 0 Å². The second-order valence-corrected chi connectivity index (χ2v) is 4.39. The highest BCUT2D eigenvalue weighted by Gasteiger charge is 2.28. The largest absolute Gasteiger partial charge is 0.379 e. The standard InChI is InChI=1S/C10H21N3O2/c1-10(2,8-12-9(14)7-11)13-3-5-15-6-4-13/h3-8,11H2,1-2H3,(H,12,14). The summed E-state index contributed by atoms with van der Waals surface area (Å²) in [4.78, 5) is 13.4. The summed E-state index contributed by atoms with van der Waals surface area (Å²) >= 11 is 0. The summed E-state index contributed by atoms with van der Waals surface area (Å²) in [6.07, 6.45) is 0. The highest BCUT2D eigenvalue weighted by atomic mass is 16.5. The van der Waals surface area contributed by atoms with Crippen LogP contribution in [0.15, 0.2) is 0 Å². The van der Waals surface area contributed by atoms with Crippen molar-refractivity contribution in [3.63, 3.8) is 0 Å². The number of ether oxygens (including phenoxy) is 1. The number of nitrogens with zero attached hydrogens (tertiary/aromatic N) is 1. The van der Waals surface area contributed by atoms with Crippen LogP contribution in [-0.4, -0.2) is 55.7 Å². The van der Waals surface area contributed by atoms with Gasteiger partial charge in [0, 0.05) is 25.2 Å². The van der Waals surface area contributed by atoms with E-state index in [0.29, 0.717) is 6.54 Å². The Bertz CT molecular complexity index is 213. The molecule has 0 radical (unpaired) electrons. The van der Waals surface area contributed by atoms with Gasteiger partial charge in [0.2, 0.25) is 5.91 Å². The van der Waals surface area contributed by atoms with Crippen LogP contribution in [0.2, 0.25) is 0 Å². The van der Waals surface area contributed by atoms with Gasteiger partial charge in [0.25, 0.3) is 0 Å². The molecule has 0 spiro atoms. The molecule has 0 bridgehead atoms. The molecule has 0 aromatic carbocycles. The van der Waals surface area contributed by atoms with Crippen molar-refractivity contribution in [2.24, 2.45) is 5.73 Å². The lowest BCUT2D eigenvalue weighted by atomic mass is 10.0. The summed E-state index contributed by atoms with van der Waals surface area (Å²) in [6.45, 7) is 8.31. The van der Waals surface area contributed by atoms with Crippen molar-refractivity contribution < 1.29 is 9.53 Å². The molecule has 1 heterocycles. The van der Waals surface area contributed by atoms with Crippen LogP contribution < -0.4 is 11.1 Å². The third-order valence-corrected chi connectivity index (χ3v) is 2.77. The fourth-order valence-corrected chi connectivity index (χ4v) is 1.67. The molecule has 1 saturated heterocycles. The molecule has 1 aliphatic heterocycles. The number of amides is 1. The van der Waals surface area contributed by atoms with Crippen LogP contribution in [-0.2, 0) is 9.53 Å². The van der Waals surface area contributed by atoms with Crippen LogP contribution in [0.3, 0.4) is 0 Å². The van der Waals surface area contributed by atoms with Crippen LogP contribution >= 0.6 is 0 Å². The molecule has 0 aromatic rings. The number of carbonyl (C=O) groups excluding carboxylic acids is 1. The summed E-state index contributed by atoms with van der Waals surface area (Å²) < 4.78 is 5.29. The molecule has 1 amide bonds. The van der Waals surface area contributed by atoms with E-state index in [1.165, 1.54) is 0 Å². The molecule has 1 fully saturated rings. The molecule has 0 unspecified atom stereocenters. The lowest BCUT2D eigenvalue weighted by molar-refractivity contribution is -0.120. The minimum Gasteiger partial charge on any atom is -0.379 e. The summed E-state index contributed by atoms with van der Waals surface area (Å²) in [5.74, 6) is -0.101. The third kappa shape index (κ3) is 3.77. The van der Waals surface area contributed by atoms with Crippen LogP contribution in [0.4, 0.5) is 0 Å². The fraction of sp³-hybridized carbons (Fsp3) is 0.900. The highest BCUT2D eigenvalue weighted by Crippen LogP contribution is 2.14. The fourth-order valence-electron chi connectivity index (χ4n) is 1.67. The van der Waals surface area contributed by atoms with E-state index in [9.17, 15) is 4.79 Å². The van der Waals surface area contributed by atoms with Gasteiger partial charge in [-0.1, -0.05) is 0 Å². The molecule has 5 heteroatoms. The predicted octanol–water partition coefficient (Wildman–Crippen LogP) is -0.828. The number of rotatable bonds is 4. The van der Waals surface area contributed by atoms with Crippen LogP contribution in [0.1, 0.15) is 13.8 Å². The van der Waals surface area contributed by atoms with E-state index in [0.717, 1.165) is 26.3 Å². The Hall–Kier alpha value is -0.650. The maximum absolute atomic E-state index is 11.1. The number of hydrogen-bond donors (Lipinski definition) is 2. The zero-order valence-corrected chi connectivity index (χ0v) is 9.58. The van der Waals surface area contributed by atoms with E-state index in [1.54, 1.807) is 0 Å². The Morgan fingerprint density at radius 2 is 2.07 bits per heavy atom. The maximum Gasteiger partial charge on any atom is 0.233 e. The Balaban J connectivity index is 2.38. The number of morpholine rings is 1. The molecule has 1 rings (SSSR count). The quantitative estimate of drug-likeness (QED) is 0.642. The highest BCUT2D eigenvalue weighted by molar-refractivity contribution is 5.77. The van der Waals surface area contributed by atoms with Crippen LogP contribution in [0.5, 0.6) is 0 Å². The molecule has 0 saturated carbocycles. The van der Waals surface area contributed by atoms with Gasteiger partial charge >= 0.3 is 0 Å². The minimum absolute atomic E-state index is 0.0331. The van der Waals surface area contributed by atoms with E-state index >= 15 is 0 Å². The minimum atomic E-state index is -0.101. The Morgan fingerprint density at radius 1 is 1.47 bits per heavy atom. The topological polar surface area (TPSA) is 67.6 Å². The SMILES string of the molecule is CC(C)(CNC(=O)CN)N1CCOCC1. The van der Waals surface area contributed by atoms with Crippen molar-refractivity contribution in [3.05, 3.63) is 0 Å². The molecular formula is C10H21N3O2. The average Bonchev–Trinajstić information content (AvgIpc) is 2.27. The number of carbonyl (C=O) groups is 1. The lowest BCUT2D eigenvalue weighted by Crippen LogP contribution is -2.55. The second-order valence-electron chi connectivity index (χ2n) is 4.39. The maximum atomic E-state index is 11.1. The van der Waals surface area contributed by atoms with Crippen molar-refractivity contribution in [1.82, 2.24) is 10.2 Å². The van der Waals surface area contributed by atoms with Crippen molar-refractivity contribution in [2.75, 3.05) is 39.4 Å². The van der Waals surface area contributed by atoms with Crippen LogP contribution in [0.25, 0.3) is 0 Å². The van der Waals surface area contributed by atoms with Gasteiger partial charge in [-0.05, 0) is 13.8 Å². The number of hydrogen-bond acceptors (Lipinski definition) is 4. The van der Waals surface area contributed by atoms with Crippen molar-refractivity contribution in [1.29, 1.82) is 0 Å². The van der Waals surface area contributed by atoms with Gasteiger partial charge in [0.1, 0.15) is 0 Å². The Kier molecular flexibility index (Phi) is 4.50. The molecular weight excluding hydrogens is 194 g/mol. The molecule has 0 atom stereocenters. The van der Waals surface area contributed by atoms with Gasteiger partial charge in [-0.15, -0.1) is 0 Å². The molecule has 5 nitrogen and oxygen atoms in total. The summed E-state index contributed by atoms with van der Waals surface area (Å²) in [7, 11) is 0. The zero-order chi connectivity index (χ0) is 11.3. The van der Waals surface area contributed by atoms with Crippen molar-refractivity contribution >= 4 is 5.91 Å². The molecule has 3 N–H and O–H groups in total. The molecule has 1 aliphatic rings. The van der Waals surface area contributed by atoms with Gasteiger partial charge < -0.3 is 15.8 Å². The van der Waals surface area contributed by atoms with E-state index in [2.05, 4.69) is 24.1 Å². The van der Waals surface area contributed by atoms with Gasteiger partial charge in [-0.25, -0.2) is 0 Å². The van der Waals surface area contributed by atoms with Crippen molar-refractivity contribution in [3.8, 4) is 0 Å². The molecule has 0 aliphatic carbocycles. The number of nitrogens with one attached hydrogen (secondary N) is 1. The Labute approximate surface area is 90.9 Å². The van der Waals surface area contributed by atoms with E-state index in [1.807, 2.05) is 0 Å². The monoisotopic (exact) mass is 215 g/mol. The van der Waals surface area contributed by atoms with Crippen LogP contribution in [0, 0.1) is 0 Å². The van der Waals surface area contributed by atoms with Gasteiger partial charge in [0.05, 0.1) is 19.8 Å². The lowest BCUT2D eigenvalue weighted by Gasteiger charge is -2.40. The van der Waals surface area contributed by atoms with Gasteiger partial charge in [0.15, 0.2) is 0 Å². The molecule has 0 aromatic heterocycles. The Morgan fingerprint density at radius 3 is 2.60 bits per heavy atom. The van der Waals surface area contributed by atoms with Gasteiger partial charge in [-0.3, -0.25) is 9.69 Å². The smallest absolute Gasteiger partial charge is 0.233 e.